The van der Waals surface area contributed by atoms with Crippen molar-refractivity contribution in [3.8, 4) is 0 Å². The van der Waals surface area contributed by atoms with Gasteiger partial charge in [0.15, 0.2) is 0 Å². The Morgan fingerprint density at radius 2 is 1.89 bits per heavy atom. The number of hydrogen-bond donors (Lipinski definition) is 2. The molecule has 0 saturated heterocycles. The summed E-state index contributed by atoms with van der Waals surface area (Å²) in [4.78, 5) is 12.0. The lowest BCUT2D eigenvalue weighted by Gasteiger charge is -2.31. The third kappa shape index (κ3) is 2.27. The molecule has 1 unspecified atom stereocenters. The van der Waals surface area contributed by atoms with Crippen LogP contribution in [0, 0.1) is 5.41 Å². The van der Waals surface area contributed by atoms with Crippen LogP contribution >= 0.6 is 0 Å². The van der Waals surface area contributed by atoms with E-state index in [4.69, 9.17) is 0 Å². The topological polar surface area (TPSA) is 41.1 Å². The van der Waals surface area contributed by atoms with Crippen molar-refractivity contribution in [3.05, 3.63) is 29.3 Å². The van der Waals surface area contributed by atoms with Crippen molar-refractivity contribution in [1.29, 1.82) is 0 Å². The monoisotopic (exact) mass is 260 g/mol. The van der Waals surface area contributed by atoms with Crippen LogP contribution in [0.1, 0.15) is 51.8 Å². The molecule has 1 aliphatic rings. The Labute approximate surface area is 115 Å². The Morgan fingerprint density at radius 3 is 2.42 bits per heavy atom. The molecule has 104 valence electrons. The van der Waals surface area contributed by atoms with E-state index in [1.54, 1.807) is 0 Å². The normalized spacial score (nSPS) is 18.9. The molecule has 0 saturated carbocycles. The summed E-state index contributed by atoms with van der Waals surface area (Å²) in [6, 6.07) is 6.56. The molecule has 0 radical (unpaired) electrons. The van der Waals surface area contributed by atoms with E-state index in [1.165, 1.54) is 5.56 Å². The molecule has 0 spiro atoms. The fourth-order valence-electron chi connectivity index (χ4n) is 2.87. The summed E-state index contributed by atoms with van der Waals surface area (Å²) in [6.45, 7) is 10.6. The van der Waals surface area contributed by atoms with E-state index < -0.39 is 5.41 Å². The number of anilines is 1. The molecule has 1 aromatic rings. The van der Waals surface area contributed by atoms with Crippen molar-refractivity contribution in [2.45, 2.75) is 46.1 Å². The van der Waals surface area contributed by atoms with Gasteiger partial charge in [-0.05, 0) is 43.5 Å². The smallest absolute Gasteiger partial charge is 0.234 e. The number of benzene rings is 1. The molecule has 0 aliphatic carbocycles. The Morgan fingerprint density at radius 1 is 1.26 bits per heavy atom. The van der Waals surface area contributed by atoms with Crippen LogP contribution in [0.3, 0.4) is 0 Å². The van der Waals surface area contributed by atoms with Crippen molar-refractivity contribution in [2.75, 3.05) is 12.4 Å². The van der Waals surface area contributed by atoms with Crippen molar-refractivity contribution < 1.29 is 4.79 Å². The van der Waals surface area contributed by atoms with Gasteiger partial charge in [-0.1, -0.05) is 32.9 Å². The van der Waals surface area contributed by atoms with Gasteiger partial charge in [0.1, 0.15) is 0 Å². The van der Waals surface area contributed by atoms with Gasteiger partial charge in [0.25, 0.3) is 0 Å². The zero-order valence-electron chi connectivity index (χ0n) is 12.7. The number of nitrogens with one attached hydrogen (secondary N) is 2. The van der Waals surface area contributed by atoms with Crippen LogP contribution in [0.5, 0.6) is 0 Å². The quantitative estimate of drug-likeness (QED) is 0.857. The number of hydrogen-bond acceptors (Lipinski definition) is 2. The number of amides is 1. The lowest BCUT2D eigenvalue weighted by Crippen LogP contribution is -2.30. The van der Waals surface area contributed by atoms with Crippen molar-refractivity contribution >= 4 is 11.6 Å². The van der Waals surface area contributed by atoms with Gasteiger partial charge < -0.3 is 10.6 Å². The van der Waals surface area contributed by atoms with Gasteiger partial charge >= 0.3 is 0 Å². The molecule has 3 nitrogen and oxygen atoms in total. The molecule has 1 heterocycles. The van der Waals surface area contributed by atoms with Crippen molar-refractivity contribution in [1.82, 2.24) is 5.32 Å². The number of rotatable bonds is 2. The summed E-state index contributed by atoms with van der Waals surface area (Å²) in [5.41, 5.74) is 2.96. The van der Waals surface area contributed by atoms with E-state index in [0.29, 0.717) is 0 Å². The second kappa shape index (κ2) is 4.34. The maximum atomic E-state index is 12.0. The van der Waals surface area contributed by atoms with Crippen LogP contribution in [0.15, 0.2) is 18.2 Å². The largest absolute Gasteiger partial charge is 0.325 e. The average Bonchev–Trinajstić information content (AvgIpc) is 2.50. The summed E-state index contributed by atoms with van der Waals surface area (Å²) in [5, 5.41) is 6.33. The van der Waals surface area contributed by atoms with Crippen LogP contribution < -0.4 is 10.6 Å². The molecule has 1 aromatic carbocycles. The zero-order valence-corrected chi connectivity index (χ0v) is 12.7. The van der Waals surface area contributed by atoms with Crippen molar-refractivity contribution in [2.24, 2.45) is 5.41 Å². The highest BCUT2D eigenvalue weighted by atomic mass is 16.2. The van der Waals surface area contributed by atoms with Crippen LogP contribution in [0.25, 0.3) is 0 Å². The van der Waals surface area contributed by atoms with Gasteiger partial charge in [0.2, 0.25) is 5.91 Å². The lowest BCUT2D eigenvalue weighted by atomic mass is 9.79. The summed E-state index contributed by atoms with van der Waals surface area (Å²) >= 11 is 0. The second-order valence-electron chi connectivity index (χ2n) is 6.97. The second-order valence-corrected chi connectivity index (χ2v) is 6.97. The van der Waals surface area contributed by atoms with E-state index in [9.17, 15) is 4.79 Å². The Bertz CT molecular complexity index is 512. The molecule has 19 heavy (non-hydrogen) atoms. The standard InChI is InChI=1S/C16H24N2O/c1-15(2,3)13(17-6)10-7-8-12-11(9-10)16(4,5)14(19)18-12/h7-9,13,17H,1-6H3,(H,18,19). The molecule has 0 fully saturated rings. The van der Waals surface area contributed by atoms with Crippen LogP contribution in [-0.2, 0) is 10.2 Å². The molecule has 1 atom stereocenters. The molecule has 1 aliphatic heterocycles. The Kier molecular flexibility index (Phi) is 3.21. The highest BCUT2D eigenvalue weighted by molar-refractivity contribution is 6.05. The molecule has 2 rings (SSSR count). The minimum atomic E-state index is -0.443. The van der Waals surface area contributed by atoms with Gasteiger partial charge in [0, 0.05) is 11.7 Å². The first-order chi connectivity index (χ1) is 8.67. The molecular weight excluding hydrogens is 236 g/mol. The van der Waals surface area contributed by atoms with E-state index in [-0.39, 0.29) is 17.4 Å². The number of carbonyl (C=O) groups excluding carboxylic acids is 1. The molecule has 1 amide bonds. The average molecular weight is 260 g/mol. The SMILES string of the molecule is CNC(c1ccc2c(c1)C(C)(C)C(=O)N2)C(C)(C)C. The first-order valence-electron chi connectivity index (χ1n) is 6.81. The van der Waals surface area contributed by atoms with Gasteiger partial charge in [-0.15, -0.1) is 0 Å². The summed E-state index contributed by atoms with van der Waals surface area (Å²) in [5.74, 6) is 0.0800. The van der Waals surface area contributed by atoms with Crippen LogP contribution in [-0.4, -0.2) is 13.0 Å². The molecule has 3 heteroatoms. The Hall–Kier alpha value is -1.35. The zero-order chi connectivity index (χ0) is 14.4. The van der Waals surface area contributed by atoms with Crippen LogP contribution in [0.2, 0.25) is 0 Å². The highest BCUT2D eigenvalue weighted by Crippen LogP contribution is 2.41. The van der Waals surface area contributed by atoms with Gasteiger partial charge in [-0.3, -0.25) is 4.79 Å². The number of carbonyl (C=O) groups is 1. The predicted octanol–water partition coefficient (Wildman–Crippen LogP) is 3.22. The summed E-state index contributed by atoms with van der Waals surface area (Å²) in [7, 11) is 1.98. The molecule has 0 bridgehead atoms. The fraction of sp³-hybridized carbons (Fsp3) is 0.562. The van der Waals surface area contributed by atoms with E-state index in [0.717, 1.165) is 11.3 Å². The molecule has 0 aromatic heterocycles. The van der Waals surface area contributed by atoms with Gasteiger partial charge in [-0.25, -0.2) is 0 Å². The fourth-order valence-corrected chi connectivity index (χ4v) is 2.87. The van der Waals surface area contributed by atoms with E-state index in [1.807, 2.05) is 27.0 Å². The third-order valence-electron chi connectivity index (χ3n) is 4.02. The minimum absolute atomic E-state index is 0.0800. The van der Waals surface area contributed by atoms with E-state index >= 15 is 0 Å². The van der Waals surface area contributed by atoms with Gasteiger partial charge in [-0.2, -0.15) is 0 Å². The maximum Gasteiger partial charge on any atom is 0.234 e. The minimum Gasteiger partial charge on any atom is -0.325 e. The maximum absolute atomic E-state index is 12.0. The predicted molar refractivity (Wildman–Crippen MR) is 79.4 cm³/mol. The molecule has 2 N–H and O–H groups in total. The first kappa shape index (κ1) is 14.1. The van der Waals surface area contributed by atoms with Crippen LogP contribution in [0.4, 0.5) is 5.69 Å². The summed E-state index contributed by atoms with van der Waals surface area (Å²) < 4.78 is 0. The first-order valence-corrected chi connectivity index (χ1v) is 6.81. The Balaban J connectivity index is 2.48. The number of fused-ring (bicyclic) bond motifs is 1. The summed E-state index contributed by atoms with van der Waals surface area (Å²) in [6.07, 6.45) is 0. The van der Waals surface area contributed by atoms with E-state index in [2.05, 4.69) is 43.5 Å². The van der Waals surface area contributed by atoms with Crippen molar-refractivity contribution in [3.63, 3.8) is 0 Å². The van der Waals surface area contributed by atoms with Gasteiger partial charge in [0.05, 0.1) is 5.41 Å². The lowest BCUT2D eigenvalue weighted by molar-refractivity contribution is -0.119. The third-order valence-corrected chi connectivity index (χ3v) is 4.02. The highest BCUT2D eigenvalue weighted by Gasteiger charge is 2.39. The molecular formula is C16H24N2O.